The molecule has 22 heavy (non-hydrogen) atoms. The van der Waals surface area contributed by atoms with E-state index in [0.29, 0.717) is 37.7 Å². The highest BCUT2D eigenvalue weighted by Crippen LogP contribution is 2.18. The van der Waals surface area contributed by atoms with E-state index in [1.165, 1.54) is 12.1 Å². The zero-order valence-corrected chi connectivity index (χ0v) is 12.8. The largest absolute Gasteiger partial charge is 0.356 e. The van der Waals surface area contributed by atoms with Gasteiger partial charge in [0.15, 0.2) is 0 Å². The summed E-state index contributed by atoms with van der Waals surface area (Å²) in [5, 5.41) is 5.66. The minimum atomic E-state index is -0.326. The fourth-order valence-electron chi connectivity index (χ4n) is 2.46. The molecule has 0 unspecified atom stereocenters. The number of benzene rings is 1. The first-order valence-electron chi connectivity index (χ1n) is 7.66. The van der Waals surface area contributed by atoms with Crippen molar-refractivity contribution in [1.82, 2.24) is 10.2 Å². The first-order valence-corrected chi connectivity index (χ1v) is 7.66. The molecule has 1 fully saturated rings. The van der Waals surface area contributed by atoms with E-state index in [9.17, 15) is 14.0 Å². The van der Waals surface area contributed by atoms with Crippen LogP contribution >= 0.6 is 0 Å². The van der Waals surface area contributed by atoms with Crippen LogP contribution in [0.1, 0.15) is 26.2 Å². The van der Waals surface area contributed by atoms with Crippen molar-refractivity contribution in [1.29, 1.82) is 0 Å². The summed E-state index contributed by atoms with van der Waals surface area (Å²) in [6.45, 7) is 3.84. The van der Waals surface area contributed by atoms with Crippen LogP contribution in [-0.4, -0.2) is 36.5 Å². The number of piperidine rings is 1. The van der Waals surface area contributed by atoms with E-state index in [2.05, 4.69) is 10.6 Å². The van der Waals surface area contributed by atoms with Crippen LogP contribution in [0.3, 0.4) is 0 Å². The third-order valence-electron chi connectivity index (χ3n) is 3.91. The Balaban J connectivity index is 1.75. The molecule has 1 aliphatic rings. The third-order valence-corrected chi connectivity index (χ3v) is 3.91. The smallest absolute Gasteiger partial charge is 0.321 e. The lowest BCUT2D eigenvalue weighted by molar-refractivity contribution is -0.121. The molecule has 120 valence electrons. The molecule has 1 aromatic rings. The average molecular weight is 307 g/mol. The SMILES string of the molecule is CCC(=O)NCC1CCN(C(=O)Nc2ccc(F)cc2)CC1. The van der Waals surface area contributed by atoms with Crippen LogP contribution in [-0.2, 0) is 4.79 Å². The maximum atomic E-state index is 12.8. The summed E-state index contributed by atoms with van der Waals surface area (Å²) in [4.78, 5) is 25.1. The fraction of sp³-hybridized carbons (Fsp3) is 0.500. The van der Waals surface area contributed by atoms with E-state index < -0.39 is 0 Å². The van der Waals surface area contributed by atoms with E-state index in [1.54, 1.807) is 17.0 Å². The number of carbonyl (C=O) groups excluding carboxylic acids is 2. The summed E-state index contributed by atoms with van der Waals surface area (Å²) >= 11 is 0. The van der Waals surface area contributed by atoms with Gasteiger partial charge in [0.1, 0.15) is 5.82 Å². The number of hydrogen-bond donors (Lipinski definition) is 2. The lowest BCUT2D eigenvalue weighted by atomic mass is 9.97. The maximum Gasteiger partial charge on any atom is 0.321 e. The maximum absolute atomic E-state index is 12.8. The van der Waals surface area contributed by atoms with Crippen molar-refractivity contribution in [2.45, 2.75) is 26.2 Å². The molecule has 1 aromatic carbocycles. The van der Waals surface area contributed by atoms with Gasteiger partial charge in [0.2, 0.25) is 5.91 Å². The standard InChI is InChI=1S/C16H22FN3O2/c1-2-15(21)18-11-12-7-9-20(10-8-12)16(22)19-14-5-3-13(17)4-6-14/h3-6,12H,2,7-11H2,1H3,(H,18,21)(H,19,22). The number of nitrogens with zero attached hydrogens (tertiary/aromatic N) is 1. The zero-order valence-electron chi connectivity index (χ0n) is 12.8. The summed E-state index contributed by atoms with van der Waals surface area (Å²) in [5.41, 5.74) is 0.587. The lowest BCUT2D eigenvalue weighted by Gasteiger charge is -2.32. The van der Waals surface area contributed by atoms with Crippen LogP contribution < -0.4 is 10.6 Å². The third kappa shape index (κ3) is 4.72. The van der Waals surface area contributed by atoms with Gasteiger partial charge < -0.3 is 15.5 Å². The van der Waals surface area contributed by atoms with Crippen LogP contribution in [0.4, 0.5) is 14.9 Å². The Morgan fingerprint density at radius 1 is 1.23 bits per heavy atom. The molecule has 2 N–H and O–H groups in total. The molecule has 6 heteroatoms. The number of amides is 3. The van der Waals surface area contributed by atoms with Gasteiger partial charge in [-0.3, -0.25) is 4.79 Å². The van der Waals surface area contributed by atoms with Crippen molar-refractivity contribution < 1.29 is 14.0 Å². The second-order valence-corrected chi connectivity index (χ2v) is 5.53. The summed E-state index contributed by atoms with van der Waals surface area (Å²) in [7, 11) is 0. The summed E-state index contributed by atoms with van der Waals surface area (Å²) in [6, 6.07) is 5.56. The van der Waals surface area contributed by atoms with E-state index in [0.717, 1.165) is 12.8 Å². The summed E-state index contributed by atoms with van der Waals surface area (Å²) < 4.78 is 12.8. The molecule has 0 aliphatic carbocycles. The number of rotatable bonds is 4. The van der Waals surface area contributed by atoms with Crippen LogP contribution in [0.2, 0.25) is 0 Å². The molecule has 0 aromatic heterocycles. The van der Waals surface area contributed by atoms with E-state index in [1.807, 2.05) is 6.92 Å². The minimum Gasteiger partial charge on any atom is -0.356 e. The predicted octanol–water partition coefficient (Wildman–Crippen LogP) is 2.60. The molecular formula is C16H22FN3O2. The van der Waals surface area contributed by atoms with Gasteiger partial charge in [-0.25, -0.2) is 9.18 Å². The predicted molar refractivity (Wildman–Crippen MR) is 83.0 cm³/mol. The monoisotopic (exact) mass is 307 g/mol. The van der Waals surface area contributed by atoms with Gasteiger partial charge in [-0.1, -0.05) is 6.92 Å². The molecular weight excluding hydrogens is 285 g/mol. The van der Waals surface area contributed by atoms with Gasteiger partial charge in [-0.05, 0) is 43.0 Å². The second-order valence-electron chi connectivity index (χ2n) is 5.53. The first-order chi connectivity index (χ1) is 10.6. The molecule has 2 rings (SSSR count). The quantitative estimate of drug-likeness (QED) is 0.898. The van der Waals surface area contributed by atoms with Gasteiger partial charge in [0.05, 0.1) is 0 Å². The topological polar surface area (TPSA) is 61.4 Å². The molecule has 1 saturated heterocycles. The van der Waals surface area contributed by atoms with Crippen LogP contribution in [0.5, 0.6) is 0 Å². The highest BCUT2D eigenvalue weighted by atomic mass is 19.1. The van der Waals surface area contributed by atoms with Gasteiger partial charge in [-0.15, -0.1) is 0 Å². The number of nitrogens with one attached hydrogen (secondary N) is 2. The number of carbonyl (C=O) groups is 2. The Kier molecular flexibility index (Phi) is 5.75. The Bertz CT molecular complexity index is 511. The number of anilines is 1. The highest BCUT2D eigenvalue weighted by molar-refractivity contribution is 5.89. The molecule has 3 amide bonds. The number of urea groups is 1. The average Bonchev–Trinajstić information content (AvgIpc) is 2.55. The summed E-state index contributed by atoms with van der Waals surface area (Å²) in [6.07, 6.45) is 2.25. The number of likely N-dealkylation sites (tertiary alicyclic amines) is 1. The first kappa shape index (κ1) is 16.3. The van der Waals surface area contributed by atoms with Crippen molar-refractivity contribution >= 4 is 17.6 Å². The van der Waals surface area contributed by atoms with Crippen LogP contribution in [0.25, 0.3) is 0 Å². The van der Waals surface area contributed by atoms with E-state index >= 15 is 0 Å². The number of hydrogen-bond acceptors (Lipinski definition) is 2. The Morgan fingerprint density at radius 3 is 2.45 bits per heavy atom. The van der Waals surface area contributed by atoms with Gasteiger partial charge in [-0.2, -0.15) is 0 Å². The molecule has 0 spiro atoms. The summed E-state index contributed by atoms with van der Waals surface area (Å²) in [5.74, 6) is 0.162. The molecule has 1 heterocycles. The molecule has 0 bridgehead atoms. The van der Waals surface area contributed by atoms with Crippen LogP contribution in [0.15, 0.2) is 24.3 Å². The van der Waals surface area contributed by atoms with Gasteiger partial charge in [0, 0.05) is 31.7 Å². The zero-order chi connectivity index (χ0) is 15.9. The van der Waals surface area contributed by atoms with Crippen molar-refractivity contribution in [2.75, 3.05) is 25.0 Å². The molecule has 0 saturated carbocycles. The molecule has 0 atom stereocenters. The van der Waals surface area contributed by atoms with Crippen LogP contribution in [0, 0.1) is 11.7 Å². The second kappa shape index (κ2) is 7.77. The highest BCUT2D eigenvalue weighted by Gasteiger charge is 2.23. The van der Waals surface area contributed by atoms with Crippen molar-refractivity contribution in [3.8, 4) is 0 Å². The van der Waals surface area contributed by atoms with E-state index in [4.69, 9.17) is 0 Å². The normalized spacial score (nSPS) is 15.5. The van der Waals surface area contributed by atoms with Crippen molar-refractivity contribution in [3.05, 3.63) is 30.1 Å². The van der Waals surface area contributed by atoms with Gasteiger partial charge >= 0.3 is 6.03 Å². The Hall–Kier alpha value is -2.11. The van der Waals surface area contributed by atoms with Crippen molar-refractivity contribution in [2.24, 2.45) is 5.92 Å². The molecule has 5 nitrogen and oxygen atoms in total. The fourth-order valence-corrected chi connectivity index (χ4v) is 2.46. The molecule has 1 aliphatic heterocycles. The van der Waals surface area contributed by atoms with Crippen molar-refractivity contribution in [3.63, 3.8) is 0 Å². The lowest BCUT2D eigenvalue weighted by Crippen LogP contribution is -2.43. The van der Waals surface area contributed by atoms with Gasteiger partial charge in [0.25, 0.3) is 0 Å². The Labute approximate surface area is 129 Å². The van der Waals surface area contributed by atoms with E-state index in [-0.39, 0.29) is 17.8 Å². The molecule has 0 radical (unpaired) electrons. The Morgan fingerprint density at radius 2 is 1.86 bits per heavy atom. The minimum absolute atomic E-state index is 0.0662. The number of halogens is 1.